The fourth-order valence-electron chi connectivity index (χ4n) is 3.09. The summed E-state index contributed by atoms with van der Waals surface area (Å²) in [5, 5.41) is 14.1. The second-order valence-electron chi connectivity index (χ2n) is 6.19. The van der Waals surface area contributed by atoms with Crippen molar-refractivity contribution < 1.29 is 13.9 Å². The van der Waals surface area contributed by atoms with Crippen LogP contribution in [0.1, 0.15) is 23.9 Å². The first-order valence-corrected chi connectivity index (χ1v) is 8.43. The van der Waals surface area contributed by atoms with Gasteiger partial charge in [0.25, 0.3) is 0 Å². The Bertz CT molecular complexity index is 1170. The van der Waals surface area contributed by atoms with Crippen LogP contribution in [-0.4, -0.2) is 10.1 Å². The number of aromatic nitrogens is 1. The Balaban J connectivity index is 1.70. The van der Waals surface area contributed by atoms with E-state index in [9.17, 15) is 9.90 Å². The van der Waals surface area contributed by atoms with E-state index in [1.165, 1.54) is 12.1 Å². The average Bonchev–Trinajstić information content (AvgIpc) is 2.98. The molecular weight excluding hydrogens is 332 g/mol. The van der Waals surface area contributed by atoms with Crippen LogP contribution in [0.4, 0.5) is 5.69 Å². The van der Waals surface area contributed by atoms with Gasteiger partial charge in [-0.05, 0) is 41.8 Å². The molecule has 4 rings (SSSR count). The Labute approximate surface area is 149 Å². The number of oxazole rings is 1. The number of hydrogen-bond acceptors (Lipinski definition) is 6. The van der Waals surface area contributed by atoms with Gasteiger partial charge in [-0.2, -0.15) is 0 Å². The monoisotopic (exact) mass is 350 g/mol. The number of fused-ring (bicyclic) bond motifs is 2. The number of phenolic OH excluding ortho intramolecular Hbond substituents is 1. The molecular formula is C20H18N2O4. The second-order valence-corrected chi connectivity index (χ2v) is 6.19. The van der Waals surface area contributed by atoms with E-state index < -0.39 is 5.63 Å². The minimum Gasteiger partial charge on any atom is -0.508 e. The molecule has 0 saturated carbocycles. The highest BCUT2D eigenvalue weighted by Gasteiger charge is 2.10. The Kier molecular flexibility index (Phi) is 3.88. The maximum Gasteiger partial charge on any atom is 0.336 e. The molecule has 0 amide bonds. The van der Waals surface area contributed by atoms with Gasteiger partial charge in [0.15, 0.2) is 11.5 Å². The fraction of sp³-hybridized carbons (Fsp3) is 0.200. The number of rotatable bonds is 4. The third kappa shape index (κ3) is 2.90. The molecule has 26 heavy (non-hydrogen) atoms. The second kappa shape index (κ2) is 6.22. The molecule has 2 aromatic heterocycles. The number of phenols is 1. The average molecular weight is 350 g/mol. The van der Waals surface area contributed by atoms with Gasteiger partial charge in [-0.3, -0.25) is 0 Å². The summed E-state index contributed by atoms with van der Waals surface area (Å²) >= 11 is 0. The summed E-state index contributed by atoms with van der Waals surface area (Å²) in [6.45, 7) is 4.22. The van der Waals surface area contributed by atoms with Crippen LogP contribution in [0.25, 0.3) is 22.1 Å². The van der Waals surface area contributed by atoms with Crippen molar-refractivity contribution in [1.82, 2.24) is 4.98 Å². The van der Waals surface area contributed by atoms with Crippen molar-refractivity contribution in [1.29, 1.82) is 0 Å². The van der Waals surface area contributed by atoms with Crippen molar-refractivity contribution in [3.63, 3.8) is 0 Å². The first-order chi connectivity index (χ1) is 12.5. The Morgan fingerprint density at radius 2 is 1.92 bits per heavy atom. The van der Waals surface area contributed by atoms with Gasteiger partial charge in [-0.25, -0.2) is 9.78 Å². The van der Waals surface area contributed by atoms with Crippen molar-refractivity contribution >= 4 is 27.8 Å². The van der Waals surface area contributed by atoms with E-state index in [4.69, 9.17) is 8.83 Å². The number of anilines is 1. The summed E-state index contributed by atoms with van der Waals surface area (Å²) in [5.74, 6) is 0.760. The van der Waals surface area contributed by atoms with Gasteiger partial charge in [-0.1, -0.05) is 6.92 Å². The van der Waals surface area contributed by atoms with Crippen LogP contribution in [-0.2, 0) is 13.0 Å². The van der Waals surface area contributed by atoms with Crippen molar-refractivity contribution in [2.24, 2.45) is 0 Å². The highest BCUT2D eigenvalue weighted by Crippen LogP contribution is 2.27. The first kappa shape index (κ1) is 16.2. The van der Waals surface area contributed by atoms with Gasteiger partial charge in [0.2, 0.25) is 0 Å². The van der Waals surface area contributed by atoms with Crippen molar-refractivity contribution in [2.75, 3.05) is 5.32 Å². The minimum atomic E-state index is -0.444. The molecule has 0 unspecified atom stereocenters. The van der Waals surface area contributed by atoms with Gasteiger partial charge in [0.1, 0.15) is 16.8 Å². The molecule has 132 valence electrons. The van der Waals surface area contributed by atoms with Crippen LogP contribution in [0.5, 0.6) is 5.75 Å². The largest absolute Gasteiger partial charge is 0.508 e. The predicted molar refractivity (Wildman–Crippen MR) is 99.6 cm³/mol. The number of aryl methyl sites for hydroxylation is 2. The van der Waals surface area contributed by atoms with Crippen molar-refractivity contribution in [3.05, 3.63) is 63.8 Å². The summed E-state index contributed by atoms with van der Waals surface area (Å²) in [6, 6.07) is 10.5. The number of aromatic hydroxyl groups is 1. The Hall–Kier alpha value is -3.28. The summed E-state index contributed by atoms with van der Waals surface area (Å²) in [4.78, 5) is 16.2. The highest BCUT2D eigenvalue weighted by molar-refractivity contribution is 5.83. The van der Waals surface area contributed by atoms with E-state index in [0.29, 0.717) is 24.4 Å². The topological polar surface area (TPSA) is 88.5 Å². The molecule has 4 aromatic rings. The third-order valence-corrected chi connectivity index (χ3v) is 4.39. The smallest absolute Gasteiger partial charge is 0.336 e. The quantitative estimate of drug-likeness (QED) is 0.538. The molecule has 2 heterocycles. The molecule has 6 nitrogen and oxygen atoms in total. The molecule has 0 aliphatic heterocycles. The van der Waals surface area contributed by atoms with Gasteiger partial charge >= 0.3 is 5.63 Å². The lowest BCUT2D eigenvalue weighted by Crippen LogP contribution is -2.06. The fourth-order valence-corrected chi connectivity index (χ4v) is 3.09. The summed E-state index contributed by atoms with van der Waals surface area (Å²) < 4.78 is 10.7. The number of nitrogens with one attached hydrogen (secondary N) is 1. The normalized spacial score (nSPS) is 11.3. The van der Waals surface area contributed by atoms with Crippen molar-refractivity contribution in [3.8, 4) is 5.75 Å². The van der Waals surface area contributed by atoms with Crippen molar-refractivity contribution in [2.45, 2.75) is 26.8 Å². The molecule has 2 N–H and O–H groups in total. The number of nitrogens with zero attached hydrogens (tertiary/aromatic N) is 1. The highest BCUT2D eigenvalue weighted by atomic mass is 16.4. The lowest BCUT2D eigenvalue weighted by Gasteiger charge is -2.10. The minimum absolute atomic E-state index is 0.139. The zero-order valence-corrected chi connectivity index (χ0v) is 14.5. The predicted octanol–water partition coefficient (Wildman–Crippen LogP) is 4.12. The van der Waals surface area contributed by atoms with Crippen LogP contribution >= 0.6 is 0 Å². The zero-order valence-electron chi connectivity index (χ0n) is 14.5. The first-order valence-electron chi connectivity index (χ1n) is 8.43. The van der Waals surface area contributed by atoms with Gasteiger partial charge in [0.05, 0.1) is 0 Å². The van der Waals surface area contributed by atoms with Crippen LogP contribution in [0.3, 0.4) is 0 Å². The van der Waals surface area contributed by atoms with E-state index >= 15 is 0 Å². The SMILES string of the molecule is CCc1cc2c(CNc3ccc4oc(C)nc4c3)cc(=O)oc2cc1O. The standard InChI is InChI=1S/C20H18N2O4/c1-3-12-6-15-13(7-20(24)26-19(15)9-17(12)23)10-21-14-4-5-18-16(8-14)22-11(2)25-18/h4-9,21,23H,3,10H2,1-2H3. The maximum atomic E-state index is 11.9. The molecule has 6 heteroatoms. The Morgan fingerprint density at radius 1 is 1.08 bits per heavy atom. The third-order valence-electron chi connectivity index (χ3n) is 4.39. The lowest BCUT2D eigenvalue weighted by atomic mass is 10.0. The molecule has 0 spiro atoms. The molecule has 2 aromatic carbocycles. The van der Waals surface area contributed by atoms with Crippen LogP contribution in [0, 0.1) is 6.92 Å². The zero-order chi connectivity index (χ0) is 18.3. The summed E-state index contributed by atoms with van der Waals surface area (Å²) in [5.41, 5.74) is 3.95. The maximum absolute atomic E-state index is 11.9. The van der Waals surface area contributed by atoms with Gasteiger partial charge in [0, 0.05) is 36.7 Å². The van der Waals surface area contributed by atoms with Gasteiger partial charge in [-0.15, -0.1) is 0 Å². The molecule has 0 saturated heterocycles. The van der Waals surface area contributed by atoms with E-state index in [0.717, 1.165) is 33.3 Å². The summed E-state index contributed by atoms with van der Waals surface area (Å²) in [7, 11) is 0. The molecule has 0 fully saturated rings. The lowest BCUT2D eigenvalue weighted by molar-refractivity contribution is 0.466. The van der Waals surface area contributed by atoms with Crippen LogP contribution < -0.4 is 10.9 Å². The molecule has 0 aliphatic rings. The van der Waals surface area contributed by atoms with Crippen LogP contribution in [0.2, 0.25) is 0 Å². The van der Waals surface area contributed by atoms with Crippen LogP contribution in [0.15, 0.2) is 50.0 Å². The molecule has 0 atom stereocenters. The van der Waals surface area contributed by atoms with E-state index in [1.54, 1.807) is 0 Å². The molecule has 0 radical (unpaired) electrons. The molecule has 0 aliphatic carbocycles. The van der Waals surface area contributed by atoms with E-state index in [2.05, 4.69) is 10.3 Å². The number of hydrogen-bond donors (Lipinski definition) is 2. The van der Waals surface area contributed by atoms with E-state index in [1.807, 2.05) is 38.1 Å². The van der Waals surface area contributed by atoms with E-state index in [-0.39, 0.29) is 5.75 Å². The number of benzene rings is 2. The molecule has 0 bridgehead atoms. The van der Waals surface area contributed by atoms with Gasteiger partial charge < -0.3 is 19.3 Å². The summed E-state index contributed by atoms with van der Waals surface area (Å²) in [6.07, 6.45) is 0.690. The Morgan fingerprint density at radius 3 is 2.73 bits per heavy atom.